The summed E-state index contributed by atoms with van der Waals surface area (Å²) >= 11 is 0. The minimum Gasteiger partial charge on any atom is -0.355 e. The molecular formula is C22H20N2O2. The maximum absolute atomic E-state index is 12.9. The fraction of sp³-hybridized carbons (Fsp3) is 0.0909. The summed E-state index contributed by atoms with van der Waals surface area (Å²) in [6.07, 6.45) is 10.4. The predicted octanol–water partition coefficient (Wildman–Crippen LogP) is 4.55. The van der Waals surface area contributed by atoms with Gasteiger partial charge in [0.1, 0.15) is 0 Å². The van der Waals surface area contributed by atoms with Crippen LogP contribution in [0.5, 0.6) is 0 Å². The lowest BCUT2D eigenvalue weighted by Crippen LogP contribution is -2.13. The fourth-order valence-corrected chi connectivity index (χ4v) is 3.06. The molecule has 3 rings (SSSR count). The number of fused-ring (bicyclic) bond motifs is 2. The van der Waals surface area contributed by atoms with Gasteiger partial charge in [-0.2, -0.15) is 0 Å². The van der Waals surface area contributed by atoms with Crippen molar-refractivity contribution in [3.63, 3.8) is 0 Å². The van der Waals surface area contributed by atoms with Gasteiger partial charge < -0.3 is 9.97 Å². The molecule has 0 unspecified atom stereocenters. The van der Waals surface area contributed by atoms with Crippen molar-refractivity contribution in [2.24, 2.45) is 0 Å². The van der Waals surface area contributed by atoms with Crippen LogP contribution in [-0.2, 0) is 0 Å². The summed E-state index contributed by atoms with van der Waals surface area (Å²) in [7, 11) is 0. The van der Waals surface area contributed by atoms with E-state index in [1.807, 2.05) is 19.1 Å². The Balaban J connectivity index is 2.47. The minimum atomic E-state index is -0.117. The van der Waals surface area contributed by atoms with Crippen LogP contribution >= 0.6 is 0 Å². The quantitative estimate of drug-likeness (QED) is 0.538. The molecule has 0 saturated heterocycles. The molecule has 0 bridgehead atoms. The number of rotatable bonds is 4. The van der Waals surface area contributed by atoms with Crippen molar-refractivity contribution in [2.75, 3.05) is 0 Å². The topological polar surface area (TPSA) is 65.7 Å². The third-order valence-corrected chi connectivity index (χ3v) is 4.40. The molecule has 0 fully saturated rings. The maximum atomic E-state index is 12.9. The third-order valence-electron chi connectivity index (χ3n) is 4.40. The van der Waals surface area contributed by atoms with Crippen LogP contribution in [0.4, 0.5) is 0 Å². The summed E-state index contributed by atoms with van der Waals surface area (Å²) in [5.74, 6) is 0. The molecule has 0 spiro atoms. The lowest BCUT2D eigenvalue weighted by atomic mass is 10.0. The summed E-state index contributed by atoms with van der Waals surface area (Å²) in [6.45, 7) is 11.0. The molecule has 2 aromatic heterocycles. The van der Waals surface area contributed by atoms with Crippen LogP contribution < -0.4 is 10.9 Å². The van der Waals surface area contributed by atoms with Gasteiger partial charge in [0.05, 0.1) is 11.0 Å². The van der Waals surface area contributed by atoms with Crippen LogP contribution in [0.3, 0.4) is 0 Å². The van der Waals surface area contributed by atoms with E-state index in [-0.39, 0.29) is 10.9 Å². The van der Waals surface area contributed by atoms with Crippen molar-refractivity contribution in [3.05, 3.63) is 86.5 Å². The van der Waals surface area contributed by atoms with E-state index in [9.17, 15) is 9.59 Å². The molecule has 130 valence electrons. The average Bonchev–Trinajstić information content (AvgIpc) is 2.63. The second-order valence-corrected chi connectivity index (χ2v) is 6.02. The minimum absolute atomic E-state index is 0.0643. The Hall–Kier alpha value is -3.40. The van der Waals surface area contributed by atoms with E-state index in [1.54, 1.807) is 43.4 Å². The first kappa shape index (κ1) is 17.4. The molecule has 0 amide bonds. The van der Waals surface area contributed by atoms with E-state index in [0.717, 1.165) is 0 Å². The predicted molar refractivity (Wildman–Crippen MR) is 111 cm³/mol. The second-order valence-electron chi connectivity index (χ2n) is 6.02. The molecule has 0 aliphatic rings. The molecule has 2 N–H and O–H groups in total. The van der Waals surface area contributed by atoms with Crippen LogP contribution in [0.1, 0.15) is 29.4 Å². The van der Waals surface area contributed by atoms with Gasteiger partial charge in [0.2, 0.25) is 0 Å². The molecule has 0 radical (unpaired) electrons. The van der Waals surface area contributed by atoms with Gasteiger partial charge in [-0.15, -0.1) is 0 Å². The summed E-state index contributed by atoms with van der Waals surface area (Å²) in [4.78, 5) is 32.1. The molecule has 0 saturated carbocycles. The van der Waals surface area contributed by atoms with Gasteiger partial charge in [-0.05, 0) is 38.1 Å². The number of hydrogen-bond acceptors (Lipinski definition) is 2. The largest absolute Gasteiger partial charge is 0.355 e. The molecule has 0 aliphatic carbocycles. The Morgan fingerprint density at radius 2 is 1.54 bits per heavy atom. The normalized spacial score (nSPS) is 11.8. The van der Waals surface area contributed by atoms with Crippen LogP contribution in [0.2, 0.25) is 0 Å². The number of H-pyrrole nitrogens is 2. The smallest absolute Gasteiger partial charge is 0.197 e. The highest BCUT2D eigenvalue weighted by atomic mass is 16.1. The number of aromatic nitrogens is 2. The van der Waals surface area contributed by atoms with E-state index < -0.39 is 0 Å². The lowest BCUT2D eigenvalue weighted by molar-refractivity contribution is 1.26. The Kier molecular flexibility index (Phi) is 4.59. The van der Waals surface area contributed by atoms with E-state index in [1.165, 1.54) is 0 Å². The van der Waals surface area contributed by atoms with Crippen molar-refractivity contribution in [1.29, 1.82) is 0 Å². The first-order valence-electron chi connectivity index (χ1n) is 8.32. The first-order valence-corrected chi connectivity index (χ1v) is 8.32. The zero-order valence-corrected chi connectivity index (χ0v) is 14.8. The van der Waals surface area contributed by atoms with Crippen molar-refractivity contribution in [3.8, 4) is 0 Å². The first-order chi connectivity index (χ1) is 12.5. The lowest BCUT2D eigenvalue weighted by Gasteiger charge is -2.09. The molecule has 0 aliphatic heterocycles. The highest BCUT2D eigenvalue weighted by Crippen LogP contribution is 2.20. The number of aromatic amines is 2. The van der Waals surface area contributed by atoms with Gasteiger partial charge in [0, 0.05) is 33.3 Å². The van der Waals surface area contributed by atoms with E-state index in [2.05, 4.69) is 23.1 Å². The standard InChI is InChI=1S/C22H20N2O2/c1-5-8-10-17-13(4)21(25)15-11-20-16(12-19(15)23-17)22(26)14(7-3)18(24-20)9-6-2/h5-12H,1,3H2,2,4H3,(H,23,25)(H,24,26)/b9-6-,10-8-. The number of pyridine rings is 2. The highest BCUT2D eigenvalue weighted by molar-refractivity contribution is 5.96. The monoisotopic (exact) mass is 344 g/mol. The Morgan fingerprint density at radius 1 is 0.923 bits per heavy atom. The zero-order chi connectivity index (χ0) is 18.8. The van der Waals surface area contributed by atoms with Gasteiger partial charge in [0.15, 0.2) is 10.9 Å². The van der Waals surface area contributed by atoms with E-state index in [4.69, 9.17) is 0 Å². The molecule has 4 nitrogen and oxygen atoms in total. The molecule has 26 heavy (non-hydrogen) atoms. The number of allylic oxidation sites excluding steroid dienone is 3. The van der Waals surface area contributed by atoms with Crippen molar-refractivity contribution < 1.29 is 0 Å². The molecule has 3 aromatic rings. The van der Waals surface area contributed by atoms with Gasteiger partial charge >= 0.3 is 0 Å². The Morgan fingerprint density at radius 3 is 2.12 bits per heavy atom. The van der Waals surface area contributed by atoms with E-state index in [0.29, 0.717) is 44.3 Å². The molecule has 0 atom stereocenters. The average molecular weight is 344 g/mol. The van der Waals surface area contributed by atoms with Crippen molar-refractivity contribution >= 4 is 40.0 Å². The van der Waals surface area contributed by atoms with Gasteiger partial charge in [-0.1, -0.05) is 37.5 Å². The molecule has 4 heteroatoms. The fourth-order valence-electron chi connectivity index (χ4n) is 3.06. The summed E-state index contributed by atoms with van der Waals surface area (Å²) in [5, 5.41) is 1.05. The number of benzene rings is 1. The SMILES string of the molecule is C=C/C=C\c1[nH]c2cc3c(=O)c(C=C)c(/C=C\C)[nH]c3cc2c(=O)c1C. The van der Waals surface area contributed by atoms with Crippen LogP contribution in [0, 0.1) is 6.92 Å². The summed E-state index contributed by atoms with van der Waals surface area (Å²) in [5.41, 5.74) is 3.58. The summed E-state index contributed by atoms with van der Waals surface area (Å²) in [6, 6.07) is 3.46. The third kappa shape index (κ3) is 2.75. The van der Waals surface area contributed by atoms with Gasteiger partial charge in [-0.3, -0.25) is 9.59 Å². The molecule has 1 aromatic carbocycles. The van der Waals surface area contributed by atoms with Gasteiger partial charge in [-0.25, -0.2) is 0 Å². The Labute approximate surface area is 150 Å². The Bertz CT molecular complexity index is 1220. The van der Waals surface area contributed by atoms with Gasteiger partial charge in [0.25, 0.3) is 0 Å². The molecular weight excluding hydrogens is 324 g/mol. The maximum Gasteiger partial charge on any atom is 0.197 e. The molecule has 2 heterocycles. The van der Waals surface area contributed by atoms with Crippen LogP contribution in [0.15, 0.2) is 53.1 Å². The van der Waals surface area contributed by atoms with Crippen LogP contribution in [0.25, 0.3) is 40.0 Å². The van der Waals surface area contributed by atoms with Crippen LogP contribution in [-0.4, -0.2) is 9.97 Å². The van der Waals surface area contributed by atoms with Crippen molar-refractivity contribution in [2.45, 2.75) is 13.8 Å². The van der Waals surface area contributed by atoms with E-state index >= 15 is 0 Å². The number of nitrogens with one attached hydrogen (secondary N) is 2. The van der Waals surface area contributed by atoms with Crippen molar-refractivity contribution in [1.82, 2.24) is 9.97 Å². The zero-order valence-electron chi connectivity index (χ0n) is 14.8. The summed E-state index contributed by atoms with van der Waals surface area (Å²) < 4.78 is 0. The highest BCUT2D eigenvalue weighted by Gasteiger charge is 2.12. The second kappa shape index (κ2) is 6.84. The number of hydrogen-bond donors (Lipinski definition) is 2.